The molecular formula is C28H32ClN3O2. The van der Waals surface area contributed by atoms with Crippen molar-refractivity contribution in [3.63, 3.8) is 0 Å². The molecule has 0 bridgehead atoms. The first-order valence-electron chi connectivity index (χ1n) is 12.3. The number of piperidine rings is 1. The number of likely N-dealkylation sites (tertiary alicyclic amines) is 1. The second-order valence-electron chi connectivity index (χ2n) is 9.69. The quantitative estimate of drug-likeness (QED) is 0.564. The number of anilines is 1. The summed E-state index contributed by atoms with van der Waals surface area (Å²) in [7, 11) is 0. The van der Waals surface area contributed by atoms with E-state index in [1.165, 1.54) is 6.42 Å². The molecule has 2 amide bonds. The molecule has 1 saturated carbocycles. The van der Waals surface area contributed by atoms with Gasteiger partial charge in [0.05, 0.1) is 17.2 Å². The molecule has 2 atom stereocenters. The van der Waals surface area contributed by atoms with Gasteiger partial charge in [-0.3, -0.25) is 9.59 Å². The lowest BCUT2D eigenvalue weighted by Crippen LogP contribution is -2.55. The summed E-state index contributed by atoms with van der Waals surface area (Å²) in [5.74, 6) is -0.124. The molecule has 1 aliphatic heterocycles. The predicted molar refractivity (Wildman–Crippen MR) is 135 cm³/mol. The maximum absolute atomic E-state index is 13.9. The van der Waals surface area contributed by atoms with Gasteiger partial charge in [0, 0.05) is 23.2 Å². The van der Waals surface area contributed by atoms with E-state index in [2.05, 4.69) is 11.4 Å². The number of hydrogen-bond acceptors (Lipinski definition) is 3. The van der Waals surface area contributed by atoms with Crippen LogP contribution < -0.4 is 5.32 Å². The molecule has 4 rings (SSSR count). The molecule has 0 radical (unpaired) electrons. The fraction of sp³-hybridized carbons (Fsp3) is 0.464. The van der Waals surface area contributed by atoms with Crippen LogP contribution in [0.2, 0.25) is 5.02 Å². The Bertz CT molecular complexity index is 1100. The lowest BCUT2D eigenvalue weighted by atomic mass is 9.74. The molecule has 6 heteroatoms. The number of nitriles is 1. The highest BCUT2D eigenvalue weighted by molar-refractivity contribution is 6.31. The molecule has 2 aromatic carbocycles. The highest BCUT2D eigenvalue weighted by Crippen LogP contribution is 2.39. The Labute approximate surface area is 207 Å². The number of nitrogens with one attached hydrogen (secondary N) is 1. The van der Waals surface area contributed by atoms with Gasteiger partial charge in [-0.2, -0.15) is 5.26 Å². The molecule has 0 spiro atoms. The Morgan fingerprint density at radius 1 is 1.03 bits per heavy atom. The number of aryl methyl sites for hydroxylation is 2. The lowest BCUT2D eigenvalue weighted by molar-refractivity contribution is -0.124. The zero-order valence-corrected chi connectivity index (χ0v) is 20.7. The highest BCUT2D eigenvalue weighted by Gasteiger charge is 2.43. The number of rotatable bonds is 4. The molecule has 1 N–H and O–H groups in total. The molecule has 2 unspecified atom stereocenters. The number of halogens is 1. The van der Waals surface area contributed by atoms with E-state index in [1.807, 2.05) is 36.9 Å². The van der Waals surface area contributed by atoms with E-state index in [1.54, 1.807) is 18.2 Å². The van der Waals surface area contributed by atoms with Crippen molar-refractivity contribution in [3.8, 4) is 6.07 Å². The van der Waals surface area contributed by atoms with E-state index in [0.29, 0.717) is 28.7 Å². The summed E-state index contributed by atoms with van der Waals surface area (Å²) in [6.07, 6.45) is 7.04. The second kappa shape index (κ2) is 10.6. The van der Waals surface area contributed by atoms with Crippen LogP contribution in [-0.2, 0) is 4.79 Å². The summed E-state index contributed by atoms with van der Waals surface area (Å²) in [5, 5.41) is 12.9. The van der Waals surface area contributed by atoms with Gasteiger partial charge in [0.1, 0.15) is 6.07 Å². The molecule has 0 aromatic heterocycles. The first-order chi connectivity index (χ1) is 16.4. The van der Waals surface area contributed by atoms with Crippen LogP contribution in [0.3, 0.4) is 0 Å². The Morgan fingerprint density at radius 2 is 1.74 bits per heavy atom. The van der Waals surface area contributed by atoms with Crippen molar-refractivity contribution in [3.05, 3.63) is 63.7 Å². The minimum atomic E-state index is -0.323. The van der Waals surface area contributed by atoms with E-state index < -0.39 is 0 Å². The standard InChI is InChI=1S/C28H32ClN3O2/c1-18-8-6-9-19(2)25(18)28(34)32-15-7-12-23(26(32)20-10-4-3-5-11-20)27(33)31-24-16-22(29)14-13-21(24)17-30/h6,8-9,13-14,16,20,23,26H,3-5,7,10-12,15H2,1-2H3,(H,31,33). The SMILES string of the molecule is Cc1cccc(C)c1C(=O)N1CCCC(C(=O)Nc2cc(Cl)ccc2C#N)C1C1CCCCC1. The van der Waals surface area contributed by atoms with Crippen molar-refractivity contribution in [2.24, 2.45) is 11.8 Å². The van der Waals surface area contributed by atoms with Gasteiger partial charge >= 0.3 is 0 Å². The molecule has 1 saturated heterocycles. The van der Waals surface area contributed by atoms with E-state index in [4.69, 9.17) is 11.6 Å². The Morgan fingerprint density at radius 3 is 2.41 bits per heavy atom. The molecule has 5 nitrogen and oxygen atoms in total. The van der Waals surface area contributed by atoms with Crippen LogP contribution in [0.1, 0.15) is 72.0 Å². The molecule has 178 valence electrons. The largest absolute Gasteiger partial charge is 0.335 e. The van der Waals surface area contributed by atoms with Gasteiger partial charge in [-0.05, 0) is 74.8 Å². The summed E-state index contributed by atoms with van der Waals surface area (Å²) in [5.41, 5.74) is 3.51. The summed E-state index contributed by atoms with van der Waals surface area (Å²) >= 11 is 6.14. The summed E-state index contributed by atoms with van der Waals surface area (Å²) in [4.78, 5) is 29.5. The minimum absolute atomic E-state index is 0.0316. The predicted octanol–water partition coefficient (Wildman–Crippen LogP) is 6.27. The van der Waals surface area contributed by atoms with Crippen LogP contribution in [0.5, 0.6) is 0 Å². The highest BCUT2D eigenvalue weighted by atomic mass is 35.5. The van der Waals surface area contributed by atoms with E-state index >= 15 is 0 Å². The maximum atomic E-state index is 13.9. The van der Waals surface area contributed by atoms with Gasteiger partial charge in [-0.1, -0.05) is 49.1 Å². The van der Waals surface area contributed by atoms with Crippen LogP contribution in [-0.4, -0.2) is 29.3 Å². The molecule has 34 heavy (non-hydrogen) atoms. The van der Waals surface area contributed by atoms with E-state index in [0.717, 1.165) is 55.2 Å². The smallest absolute Gasteiger partial charge is 0.254 e. The zero-order valence-electron chi connectivity index (χ0n) is 19.9. The first kappa shape index (κ1) is 24.3. The third-order valence-electron chi connectivity index (χ3n) is 7.47. The third-order valence-corrected chi connectivity index (χ3v) is 7.71. The summed E-state index contributed by atoms with van der Waals surface area (Å²) in [6.45, 7) is 4.62. The Balaban J connectivity index is 1.67. The van der Waals surface area contributed by atoms with Crippen molar-refractivity contribution in [1.82, 2.24) is 4.90 Å². The number of carbonyl (C=O) groups is 2. The molecule has 2 fully saturated rings. The van der Waals surface area contributed by atoms with Gasteiger partial charge in [-0.15, -0.1) is 0 Å². The topological polar surface area (TPSA) is 73.2 Å². The van der Waals surface area contributed by atoms with Crippen LogP contribution in [0, 0.1) is 37.0 Å². The van der Waals surface area contributed by atoms with Gasteiger partial charge < -0.3 is 10.2 Å². The fourth-order valence-corrected chi connectivity index (χ4v) is 6.01. The Hall–Kier alpha value is -2.84. The van der Waals surface area contributed by atoms with Crippen molar-refractivity contribution in [2.45, 2.75) is 64.8 Å². The van der Waals surface area contributed by atoms with Gasteiger partial charge in [0.15, 0.2) is 0 Å². The second-order valence-corrected chi connectivity index (χ2v) is 10.1. The average Bonchev–Trinajstić information content (AvgIpc) is 2.84. The average molecular weight is 478 g/mol. The van der Waals surface area contributed by atoms with Gasteiger partial charge in [-0.25, -0.2) is 0 Å². The zero-order chi connectivity index (χ0) is 24.2. The molecule has 1 heterocycles. The van der Waals surface area contributed by atoms with Gasteiger partial charge in [0.25, 0.3) is 5.91 Å². The first-order valence-corrected chi connectivity index (χ1v) is 12.7. The summed E-state index contributed by atoms with van der Waals surface area (Å²) in [6, 6.07) is 12.8. The number of hydrogen-bond donors (Lipinski definition) is 1. The summed E-state index contributed by atoms with van der Waals surface area (Å²) < 4.78 is 0. The van der Waals surface area contributed by atoms with E-state index in [-0.39, 0.29) is 23.8 Å². The maximum Gasteiger partial charge on any atom is 0.254 e. The van der Waals surface area contributed by atoms with Crippen molar-refractivity contribution in [1.29, 1.82) is 5.26 Å². The molecular weight excluding hydrogens is 446 g/mol. The van der Waals surface area contributed by atoms with E-state index in [9.17, 15) is 14.9 Å². The van der Waals surface area contributed by atoms with Crippen LogP contribution in [0.4, 0.5) is 5.69 Å². The number of benzene rings is 2. The number of amides is 2. The van der Waals surface area contributed by atoms with Crippen molar-refractivity contribution in [2.75, 3.05) is 11.9 Å². The molecule has 2 aliphatic rings. The van der Waals surface area contributed by atoms with Crippen molar-refractivity contribution < 1.29 is 9.59 Å². The van der Waals surface area contributed by atoms with Crippen LogP contribution >= 0.6 is 11.6 Å². The van der Waals surface area contributed by atoms with Crippen LogP contribution in [0.15, 0.2) is 36.4 Å². The fourth-order valence-electron chi connectivity index (χ4n) is 5.84. The van der Waals surface area contributed by atoms with Crippen LogP contribution in [0.25, 0.3) is 0 Å². The van der Waals surface area contributed by atoms with Crippen molar-refractivity contribution >= 4 is 29.1 Å². The normalized spacial score (nSPS) is 21.1. The molecule has 2 aromatic rings. The monoisotopic (exact) mass is 477 g/mol. The Kier molecular flexibility index (Phi) is 7.58. The lowest BCUT2D eigenvalue weighted by Gasteiger charge is -2.46. The minimum Gasteiger partial charge on any atom is -0.335 e. The molecule has 1 aliphatic carbocycles. The van der Waals surface area contributed by atoms with Gasteiger partial charge in [0.2, 0.25) is 5.91 Å². The third kappa shape index (κ3) is 4.98. The number of nitrogens with zero attached hydrogens (tertiary/aromatic N) is 2. The number of carbonyl (C=O) groups excluding carboxylic acids is 2.